The second-order valence-corrected chi connectivity index (χ2v) is 10.8. The third-order valence-electron chi connectivity index (χ3n) is 7.27. The summed E-state index contributed by atoms with van der Waals surface area (Å²) in [6.45, 7) is 0. The summed E-state index contributed by atoms with van der Waals surface area (Å²) in [7, 11) is 0. The summed E-state index contributed by atoms with van der Waals surface area (Å²) in [5.41, 5.74) is 8.90. The van der Waals surface area contributed by atoms with Gasteiger partial charge in [0.15, 0.2) is 0 Å². The zero-order valence-electron chi connectivity index (χ0n) is 10.7. The number of nitrogens with zero attached hydrogens (tertiary/aromatic N) is 3. The molecule has 0 N–H and O–H groups in total. The number of halogens is 2. The molecule has 0 heterocycles. The second kappa shape index (κ2) is 3.20. The maximum Gasteiger partial charge on any atom is 0.0508 e. The Hall–Kier alpha value is 0.270. The molecule has 0 aromatic heterocycles. The van der Waals surface area contributed by atoms with Crippen molar-refractivity contribution in [2.75, 3.05) is 0 Å². The van der Waals surface area contributed by atoms with Gasteiger partial charge in [-0.05, 0) is 73.6 Å². The van der Waals surface area contributed by atoms with Crippen LogP contribution < -0.4 is 0 Å². The van der Waals surface area contributed by atoms with E-state index < -0.39 is 0 Å². The second-order valence-electron chi connectivity index (χ2n) is 7.82. The molecule has 7 saturated carbocycles. The van der Waals surface area contributed by atoms with Gasteiger partial charge < -0.3 is 0 Å². The van der Waals surface area contributed by atoms with Crippen LogP contribution in [-0.4, -0.2) is 14.2 Å². The largest absolute Gasteiger partial charge is 0.0872 e. The summed E-state index contributed by atoms with van der Waals surface area (Å²) >= 11 is 8.37. The van der Waals surface area contributed by atoms with Crippen LogP contribution in [0.1, 0.15) is 38.5 Å². The van der Waals surface area contributed by atoms with Gasteiger partial charge in [0.2, 0.25) is 0 Å². The maximum atomic E-state index is 8.98. The minimum absolute atomic E-state index is 0.0813. The van der Waals surface area contributed by atoms with Crippen LogP contribution in [0, 0.1) is 29.6 Å². The fourth-order valence-corrected chi connectivity index (χ4v) is 9.94. The lowest BCUT2D eigenvalue weighted by Crippen LogP contribution is -2.77. The number of rotatable bonds is 1. The summed E-state index contributed by atoms with van der Waals surface area (Å²) in [6, 6.07) is 0. The fourth-order valence-electron chi connectivity index (χ4n) is 6.98. The lowest BCUT2D eigenvalue weighted by Gasteiger charge is -2.77. The van der Waals surface area contributed by atoms with Crippen molar-refractivity contribution in [2.45, 2.75) is 52.7 Å². The van der Waals surface area contributed by atoms with Crippen LogP contribution in [-0.2, 0) is 0 Å². The smallest absolute Gasteiger partial charge is 0.0508 e. The lowest BCUT2D eigenvalue weighted by atomic mass is 9.34. The van der Waals surface area contributed by atoms with Crippen LogP contribution in [0.2, 0.25) is 0 Å². The van der Waals surface area contributed by atoms with Crippen molar-refractivity contribution in [1.82, 2.24) is 0 Å². The molecule has 7 aliphatic rings. The van der Waals surface area contributed by atoms with Crippen molar-refractivity contribution < 1.29 is 0 Å². The van der Waals surface area contributed by atoms with Crippen LogP contribution in [0.4, 0.5) is 0 Å². The van der Waals surface area contributed by atoms with E-state index in [9.17, 15) is 0 Å². The van der Waals surface area contributed by atoms with E-state index >= 15 is 0 Å². The van der Waals surface area contributed by atoms with Gasteiger partial charge in [-0.15, -0.1) is 0 Å². The number of azide groups is 1. The highest BCUT2D eigenvalue weighted by molar-refractivity contribution is 9.10. The summed E-state index contributed by atoms with van der Waals surface area (Å²) < 4.78 is 0.650. The molecule has 7 fully saturated rings. The highest BCUT2D eigenvalue weighted by atomic mass is 79.9. The quantitative estimate of drug-likeness (QED) is 0.269. The van der Waals surface area contributed by atoms with Crippen LogP contribution in [0.3, 0.4) is 0 Å². The van der Waals surface area contributed by atoms with Crippen molar-refractivity contribution in [2.24, 2.45) is 34.7 Å². The Morgan fingerprint density at radius 2 is 1.58 bits per heavy atom. The van der Waals surface area contributed by atoms with Crippen molar-refractivity contribution >= 4 is 31.9 Å². The highest BCUT2D eigenvalue weighted by Crippen LogP contribution is 2.79. The molecule has 0 saturated heterocycles. The zero-order valence-corrected chi connectivity index (χ0v) is 13.9. The van der Waals surface area contributed by atoms with Crippen molar-refractivity contribution in [3.8, 4) is 0 Å². The molecule has 0 spiro atoms. The Morgan fingerprint density at radius 1 is 0.947 bits per heavy atom. The molecule has 4 atom stereocenters. The van der Waals surface area contributed by atoms with Gasteiger partial charge in [0, 0.05) is 13.6 Å². The van der Waals surface area contributed by atoms with E-state index in [0.29, 0.717) is 4.32 Å². The van der Waals surface area contributed by atoms with E-state index in [-0.39, 0.29) is 9.86 Å². The van der Waals surface area contributed by atoms with Gasteiger partial charge in [0.05, 0.1) is 5.54 Å². The first-order chi connectivity index (χ1) is 9.01. The van der Waals surface area contributed by atoms with Crippen molar-refractivity contribution in [3.05, 3.63) is 10.4 Å². The average Bonchev–Trinajstić information content (AvgIpc) is 2.35. The van der Waals surface area contributed by atoms with Crippen molar-refractivity contribution in [1.29, 1.82) is 0 Å². The van der Waals surface area contributed by atoms with E-state index in [1.165, 1.54) is 19.3 Å². The summed E-state index contributed by atoms with van der Waals surface area (Å²) in [5, 5.41) is 4.30. The lowest BCUT2D eigenvalue weighted by molar-refractivity contribution is -0.172. The molecule has 7 rings (SSSR count). The first-order valence-electron chi connectivity index (χ1n) is 7.45. The molecule has 0 amide bonds. The molecule has 0 aromatic rings. The molecule has 0 aliphatic heterocycles. The Balaban J connectivity index is 1.72. The Morgan fingerprint density at radius 3 is 2.16 bits per heavy atom. The molecule has 102 valence electrons. The fraction of sp³-hybridized carbons (Fsp3) is 1.00. The topological polar surface area (TPSA) is 48.8 Å². The maximum absolute atomic E-state index is 8.98. The normalized spacial score (nSPS) is 67.4. The van der Waals surface area contributed by atoms with Gasteiger partial charge in [0.1, 0.15) is 0 Å². The molecule has 4 unspecified atom stereocenters. The SMILES string of the molecule is [N-]=[N+]=NC12CC3C4CC5CC(C(C1)C3(Br)C5)C4(Br)C2. The predicted molar refractivity (Wildman–Crippen MR) is 80.3 cm³/mol. The Bertz CT molecular complexity index is 503. The number of hydrogen-bond donors (Lipinski definition) is 0. The molecule has 0 aromatic carbocycles. The highest BCUT2D eigenvalue weighted by Gasteiger charge is 2.76. The van der Waals surface area contributed by atoms with Gasteiger partial charge in [-0.2, -0.15) is 0 Å². The van der Waals surface area contributed by atoms with Crippen LogP contribution in [0.15, 0.2) is 5.11 Å². The number of alkyl halides is 2. The van der Waals surface area contributed by atoms with E-state index in [2.05, 4.69) is 41.9 Å². The molecular formula is C14H17Br2N3. The third-order valence-corrected chi connectivity index (χ3v) is 10.2. The minimum atomic E-state index is -0.0813. The third kappa shape index (κ3) is 1.14. The predicted octanol–water partition coefficient (Wildman–Crippen LogP) is 4.79. The molecular weight excluding hydrogens is 370 g/mol. The minimum Gasteiger partial charge on any atom is -0.0872 e. The van der Waals surface area contributed by atoms with E-state index in [0.717, 1.165) is 48.9 Å². The average molecular weight is 387 g/mol. The summed E-state index contributed by atoms with van der Waals surface area (Å²) in [5.74, 6) is 4.00. The van der Waals surface area contributed by atoms with E-state index in [4.69, 9.17) is 5.53 Å². The molecule has 5 heteroatoms. The molecule has 0 radical (unpaired) electrons. The number of hydrogen-bond acceptors (Lipinski definition) is 1. The van der Waals surface area contributed by atoms with E-state index in [1.54, 1.807) is 0 Å². The molecule has 7 aliphatic carbocycles. The standard InChI is InChI=1S/C14H17Br2N3/c15-13-3-7-1-8-10(13)4-12(18-19-17)5-11(13)9(2-7)14(8,16)6-12/h7-11H,1-6H2. The van der Waals surface area contributed by atoms with Gasteiger partial charge in [-0.3, -0.25) is 0 Å². The van der Waals surface area contributed by atoms with Crippen LogP contribution >= 0.6 is 31.9 Å². The van der Waals surface area contributed by atoms with Crippen LogP contribution in [0.25, 0.3) is 10.4 Å². The van der Waals surface area contributed by atoms with Gasteiger partial charge >= 0.3 is 0 Å². The van der Waals surface area contributed by atoms with Gasteiger partial charge in [-0.25, -0.2) is 0 Å². The molecule has 3 nitrogen and oxygen atoms in total. The monoisotopic (exact) mass is 385 g/mol. The first-order valence-corrected chi connectivity index (χ1v) is 9.03. The molecule has 19 heavy (non-hydrogen) atoms. The van der Waals surface area contributed by atoms with Crippen LogP contribution in [0.5, 0.6) is 0 Å². The summed E-state index contributed by atoms with van der Waals surface area (Å²) in [4.78, 5) is 3.20. The van der Waals surface area contributed by atoms with Gasteiger partial charge in [0.25, 0.3) is 0 Å². The van der Waals surface area contributed by atoms with Crippen molar-refractivity contribution in [3.63, 3.8) is 0 Å². The Kier molecular flexibility index (Phi) is 2.00. The molecule has 8 bridgehead atoms. The first kappa shape index (κ1) is 11.9. The summed E-state index contributed by atoms with van der Waals surface area (Å²) in [6.07, 6.45) is 7.50. The zero-order chi connectivity index (χ0) is 13.0. The Labute approximate surface area is 129 Å². The van der Waals surface area contributed by atoms with Gasteiger partial charge in [-0.1, -0.05) is 37.0 Å². The van der Waals surface area contributed by atoms with E-state index in [1.807, 2.05) is 0 Å².